The first-order chi connectivity index (χ1) is 14.6. The number of H-pyrrole nitrogens is 1. The lowest BCUT2D eigenvalue weighted by Crippen LogP contribution is -2.44. The number of aryl methyl sites for hydroxylation is 1. The van der Waals surface area contributed by atoms with Gasteiger partial charge in [0.15, 0.2) is 17.6 Å². The Labute approximate surface area is 176 Å². The van der Waals surface area contributed by atoms with Crippen LogP contribution in [0.15, 0.2) is 47.7 Å². The molecule has 1 aliphatic heterocycles. The monoisotopic (exact) mass is 408 g/mol. The molecule has 30 heavy (non-hydrogen) atoms. The summed E-state index contributed by atoms with van der Waals surface area (Å²) in [5, 5.41) is 8.08. The number of halogens is 1. The highest BCUT2D eigenvalue weighted by Gasteiger charge is 2.25. The number of aromatic nitrogens is 2. The Morgan fingerprint density at radius 3 is 3.10 bits per heavy atom. The molecular weight excluding hydrogens is 379 g/mol. The quantitative estimate of drug-likeness (QED) is 0.432. The number of anilines is 1. The second-order valence-corrected chi connectivity index (χ2v) is 7.76. The van der Waals surface area contributed by atoms with E-state index in [0.29, 0.717) is 18.9 Å². The molecule has 3 heterocycles. The Balaban J connectivity index is 1.36. The lowest BCUT2D eigenvalue weighted by atomic mass is 10.1. The van der Waals surface area contributed by atoms with Crippen LogP contribution in [0.4, 0.5) is 10.2 Å². The molecule has 0 saturated carbocycles. The Kier molecular flexibility index (Phi) is 6.16. The lowest BCUT2D eigenvalue weighted by molar-refractivity contribution is 0.612. The minimum atomic E-state index is -0.271. The van der Waals surface area contributed by atoms with Crippen molar-refractivity contribution >= 4 is 22.7 Å². The van der Waals surface area contributed by atoms with Crippen molar-refractivity contribution in [2.75, 3.05) is 31.1 Å². The molecule has 1 unspecified atom stereocenters. The normalized spacial score (nSPS) is 17.0. The van der Waals surface area contributed by atoms with Gasteiger partial charge in [-0.15, -0.1) is 0 Å². The summed E-state index contributed by atoms with van der Waals surface area (Å²) in [6.45, 7) is 7.14. The van der Waals surface area contributed by atoms with Gasteiger partial charge in [-0.1, -0.05) is 12.1 Å². The number of rotatable bonds is 6. The second kappa shape index (κ2) is 9.15. The number of benzene rings is 1. The SMILES string of the molecule is CCNC(=NCCc1c[nH]c2cc(C)ccc12)NC1CCN(c2ncccc2F)C1. The van der Waals surface area contributed by atoms with Crippen molar-refractivity contribution in [3.05, 3.63) is 59.7 Å². The van der Waals surface area contributed by atoms with Gasteiger partial charge in [-0.25, -0.2) is 9.37 Å². The Hall–Kier alpha value is -3.09. The van der Waals surface area contributed by atoms with Gasteiger partial charge in [0.25, 0.3) is 0 Å². The van der Waals surface area contributed by atoms with Crippen molar-refractivity contribution in [3.63, 3.8) is 0 Å². The van der Waals surface area contributed by atoms with Crippen LogP contribution in [-0.4, -0.2) is 48.1 Å². The molecule has 1 atom stereocenters. The fourth-order valence-corrected chi connectivity index (χ4v) is 3.99. The first-order valence-corrected chi connectivity index (χ1v) is 10.6. The third kappa shape index (κ3) is 4.56. The van der Waals surface area contributed by atoms with Gasteiger partial charge >= 0.3 is 0 Å². The summed E-state index contributed by atoms with van der Waals surface area (Å²) in [6.07, 6.45) is 5.50. The highest BCUT2D eigenvalue weighted by Crippen LogP contribution is 2.21. The molecule has 0 amide bonds. The molecule has 3 aromatic rings. The molecule has 6 nitrogen and oxygen atoms in total. The summed E-state index contributed by atoms with van der Waals surface area (Å²) < 4.78 is 14.0. The van der Waals surface area contributed by atoms with Crippen LogP contribution in [0.5, 0.6) is 0 Å². The van der Waals surface area contributed by atoms with Crippen LogP contribution in [0, 0.1) is 12.7 Å². The summed E-state index contributed by atoms with van der Waals surface area (Å²) in [4.78, 5) is 14.3. The topological polar surface area (TPSA) is 68.3 Å². The molecule has 4 rings (SSSR count). The van der Waals surface area contributed by atoms with Gasteiger partial charge in [-0.2, -0.15) is 0 Å². The zero-order valence-electron chi connectivity index (χ0n) is 17.6. The number of nitrogens with one attached hydrogen (secondary N) is 3. The maximum absolute atomic E-state index is 14.0. The summed E-state index contributed by atoms with van der Waals surface area (Å²) in [5.74, 6) is 0.965. The van der Waals surface area contributed by atoms with Crippen LogP contribution < -0.4 is 15.5 Å². The largest absolute Gasteiger partial charge is 0.361 e. The van der Waals surface area contributed by atoms with Crippen molar-refractivity contribution in [2.45, 2.75) is 32.7 Å². The molecule has 0 radical (unpaired) electrons. The molecule has 7 heteroatoms. The summed E-state index contributed by atoms with van der Waals surface area (Å²) in [5.41, 5.74) is 3.71. The van der Waals surface area contributed by atoms with Gasteiger partial charge in [0.1, 0.15) is 0 Å². The van der Waals surface area contributed by atoms with Crippen molar-refractivity contribution in [1.82, 2.24) is 20.6 Å². The molecule has 1 saturated heterocycles. The summed E-state index contributed by atoms with van der Waals surface area (Å²) in [6, 6.07) is 9.78. The van der Waals surface area contributed by atoms with E-state index in [0.717, 1.165) is 31.9 Å². The van der Waals surface area contributed by atoms with E-state index in [-0.39, 0.29) is 11.9 Å². The molecular formula is C23H29FN6. The standard InChI is InChI=1S/C23H29FN6/c1-3-25-23(27-11-8-17-14-28-21-13-16(2)6-7-19(17)21)29-18-9-12-30(15-18)22-20(24)5-4-10-26-22/h4-7,10,13-14,18,28H,3,8-9,11-12,15H2,1-2H3,(H2,25,27,29). The van der Waals surface area contributed by atoms with E-state index in [2.05, 4.69) is 58.8 Å². The van der Waals surface area contributed by atoms with E-state index >= 15 is 0 Å². The van der Waals surface area contributed by atoms with Gasteiger partial charge in [0, 0.05) is 55.5 Å². The van der Waals surface area contributed by atoms with E-state index in [4.69, 9.17) is 4.99 Å². The van der Waals surface area contributed by atoms with Gasteiger partial charge in [-0.3, -0.25) is 4.99 Å². The van der Waals surface area contributed by atoms with Gasteiger partial charge in [-0.05, 0) is 56.0 Å². The molecule has 1 aliphatic rings. The average Bonchev–Trinajstić information content (AvgIpc) is 3.35. The smallest absolute Gasteiger partial charge is 0.191 e. The molecule has 1 fully saturated rings. The molecule has 158 valence electrons. The van der Waals surface area contributed by atoms with Crippen LogP contribution in [-0.2, 0) is 6.42 Å². The predicted octanol–water partition coefficient (Wildman–Crippen LogP) is 3.39. The van der Waals surface area contributed by atoms with Crippen LogP contribution in [0.3, 0.4) is 0 Å². The van der Waals surface area contributed by atoms with Crippen molar-refractivity contribution in [3.8, 4) is 0 Å². The van der Waals surface area contributed by atoms with E-state index in [1.54, 1.807) is 12.3 Å². The summed E-state index contributed by atoms with van der Waals surface area (Å²) in [7, 11) is 0. The number of guanidine groups is 1. The van der Waals surface area contributed by atoms with E-state index < -0.39 is 0 Å². The summed E-state index contributed by atoms with van der Waals surface area (Å²) >= 11 is 0. The minimum absolute atomic E-state index is 0.209. The fraction of sp³-hybridized carbons (Fsp3) is 0.391. The Morgan fingerprint density at radius 1 is 1.37 bits per heavy atom. The first kappa shape index (κ1) is 20.2. The van der Waals surface area contributed by atoms with Crippen molar-refractivity contribution < 1.29 is 4.39 Å². The zero-order chi connectivity index (χ0) is 20.9. The number of nitrogens with zero attached hydrogens (tertiary/aromatic N) is 3. The highest BCUT2D eigenvalue weighted by molar-refractivity contribution is 5.84. The van der Waals surface area contributed by atoms with E-state index in [9.17, 15) is 4.39 Å². The average molecular weight is 409 g/mol. The minimum Gasteiger partial charge on any atom is -0.361 e. The predicted molar refractivity (Wildman–Crippen MR) is 121 cm³/mol. The van der Waals surface area contributed by atoms with Crippen LogP contribution >= 0.6 is 0 Å². The Bertz CT molecular complexity index is 1030. The maximum Gasteiger partial charge on any atom is 0.191 e. The third-order valence-electron chi connectivity index (χ3n) is 5.49. The van der Waals surface area contributed by atoms with Gasteiger partial charge in [0.2, 0.25) is 0 Å². The second-order valence-electron chi connectivity index (χ2n) is 7.76. The molecule has 2 aromatic heterocycles. The number of hydrogen-bond donors (Lipinski definition) is 3. The molecule has 0 bridgehead atoms. The molecule has 0 spiro atoms. The van der Waals surface area contributed by atoms with Gasteiger partial charge < -0.3 is 20.5 Å². The molecule has 3 N–H and O–H groups in total. The van der Waals surface area contributed by atoms with Crippen LogP contribution in [0.25, 0.3) is 10.9 Å². The van der Waals surface area contributed by atoms with Crippen LogP contribution in [0.2, 0.25) is 0 Å². The Morgan fingerprint density at radius 2 is 2.27 bits per heavy atom. The third-order valence-corrected chi connectivity index (χ3v) is 5.49. The highest BCUT2D eigenvalue weighted by atomic mass is 19.1. The van der Waals surface area contributed by atoms with Crippen molar-refractivity contribution in [2.24, 2.45) is 4.99 Å². The van der Waals surface area contributed by atoms with E-state index in [1.165, 1.54) is 28.1 Å². The maximum atomic E-state index is 14.0. The number of hydrogen-bond acceptors (Lipinski definition) is 3. The number of fused-ring (bicyclic) bond motifs is 1. The molecule has 1 aromatic carbocycles. The molecule has 0 aliphatic carbocycles. The first-order valence-electron chi connectivity index (χ1n) is 10.6. The van der Waals surface area contributed by atoms with E-state index in [1.807, 2.05) is 4.90 Å². The lowest BCUT2D eigenvalue weighted by Gasteiger charge is -2.19. The number of aromatic amines is 1. The van der Waals surface area contributed by atoms with Gasteiger partial charge in [0.05, 0.1) is 0 Å². The van der Waals surface area contributed by atoms with Crippen molar-refractivity contribution in [1.29, 1.82) is 0 Å². The van der Waals surface area contributed by atoms with Crippen LogP contribution in [0.1, 0.15) is 24.5 Å². The fourth-order valence-electron chi connectivity index (χ4n) is 3.99. The zero-order valence-corrected chi connectivity index (χ0v) is 17.6. The number of pyridine rings is 1. The number of aliphatic imine (C=N–C) groups is 1.